The number of carbonyl (C=O) groups excluding carboxylic acids is 6. The predicted molar refractivity (Wildman–Crippen MR) is 201 cm³/mol. The zero-order chi connectivity index (χ0) is 39.6. The third-order valence-corrected chi connectivity index (χ3v) is 11.9. The number of ketones is 2. The summed E-state index contributed by atoms with van der Waals surface area (Å²) in [5.74, 6) is -1.74. The Balaban J connectivity index is 0.951. The highest BCUT2D eigenvalue weighted by molar-refractivity contribution is 6.08. The Bertz CT molecular complexity index is 1940. The second-order valence-electron chi connectivity index (χ2n) is 18.2. The van der Waals surface area contributed by atoms with Gasteiger partial charge in [-0.25, -0.2) is 19.2 Å². The molecule has 0 radical (unpaired) electrons. The van der Waals surface area contributed by atoms with E-state index in [-0.39, 0.29) is 40.5 Å². The molecule has 294 valence electrons. The quantitative estimate of drug-likeness (QED) is 0.128. The van der Waals surface area contributed by atoms with E-state index in [0.717, 1.165) is 60.8 Å². The molecule has 3 aliphatic carbocycles. The predicted octanol–water partition coefficient (Wildman–Crippen LogP) is 7.53. The minimum absolute atomic E-state index is 0.0458. The molecule has 12 nitrogen and oxygen atoms in total. The van der Waals surface area contributed by atoms with E-state index in [2.05, 4.69) is 6.92 Å². The molecule has 2 saturated heterocycles. The number of benzene rings is 2. The summed E-state index contributed by atoms with van der Waals surface area (Å²) in [5, 5.41) is 0. The fraction of sp³-hybridized carbons (Fsp3) is 0.581. The van der Waals surface area contributed by atoms with Crippen LogP contribution in [0, 0.1) is 11.3 Å². The Hall–Kier alpha value is -4.74. The largest absolute Gasteiger partial charge is 0.456 e. The van der Waals surface area contributed by atoms with Crippen molar-refractivity contribution in [3.05, 3.63) is 47.5 Å². The van der Waals surface area contributed by atoms with Gasteiger partial charge in [0.2, 0.25) is 0 Å². The Kier molecular flexibility index (Phi) is 9.87. The number of ether oxygens (including phenoxy) is 4. The molecular formula is C43H52N2O10. The number of esters is 2. The fourth-order valence-corrected chi connectivity index (χ4v) is 9.48. The average Bonchev–Trinajstić information content (AvgIpc) is 3.85. The molecule has 0 bridgehead atoms. The first-order chi connectivity index (χ1) is 25.8. The second-order valence-corrected chi connectivity index (χ2v) is 18.2. The van der Waals surface area contributed by atoms with Crippen LogP contribution in [0.25, 0.3) is 22.3 Å². The lowest BCUT2D eigenvalue weighted by Crippen LogP contribution is -2.48. The first-order valence-electron chi connectivity index (χ1n) is 19.5. The smallest absolute Gasteiger partial charge is 0.411 e. The van der Waals surface area contributed by atoms with Crippen LogP contribution in [0.4, 0.5) is 9.59 Å². The molecule has 2 aliphatic heterocycles. The van der Waals surface area contributed by atoms with E-state index >= 15 is 0 Å². The SMILES string of the molecule is CC(C)(C)OC(=O)N1[C@H]2CCC[C@@]2(C)C[C@H]1C(=O)OCC(=O)c1ccc2c(c1)-c1ccc(C(=O)OCC(=O)[C@@H]3C[C@@H]4CCC[C@@H]4N3C(=O)OC(C)(C)C)cc1-2. The number of carbonyl (C=O) groups is 6. The first kappa shape index (κ1) is 38.5. The molecule has 4 fully saturated rings. The summed E-state index contributed by atoms with van der Waals surface area (Å²) in [6.45, 7) is 11.9. The molecule has 0 aromatic heterocycles. The van der Waals surface area contributed by atoms with E-state index in [0.29, 0.717) is 18.4 Å². The molecule has 2 heterocycles. The zero-order valence-corrected chi connectivity index (χ0v) is 32.9. The van der Waals surface area contributed by atoms with Gasteiger partial charge in [-0.15, -0.1) is 0 Å². The van der Waals surface area contributed by atoms with Gasteiger partial charge in [-0.2, -0.15) is 0 Å². The molecule has 0 unspecified atom stereocenters. The summed E-state index contributed by atoms with van der Waals surface area (Å²) in [6, 6.07) is 8.59. The van der Waals surface area contributed by atoms with Crippen molar-refractivity contribution in [3.8, 4) is 22.3 Å². The topological polar surface area (TPSA) is 146 Å². The summed E-state index contributed by atoms with van der Waals surface area (Å²) in [4.78, 5) is 82.6. The molecule has 0 spiro atoms. The molecule has 12 heteroatoms. The maximum absolute atomic E-state index is 13.4. The van der Waals surface area contributed by atoms with Crippen LogP contribution in [0.5, 0.6) is 0 Å². The summed E-state index contributed by atoms with van der Waals surface area (Å²) in [5.41, 5.74) is 2.34. The molecule has 55 heavy (non-hydrogen) atoms. The highest BCUT2D eigenvalue weighted by Crippen LogP contribution is 2.52. The van der Waals surface area contributed by atoms with E-state index in [1.165, 1.54) is 4.90 Å². The normalized spacial score (nSPS) is 26.3. The van der Waals surface area contributed by atoms with Gasteiger partial charge in [0.05, 0.1) is 11.6 Å². The Labute approximate surface area is 322 Å². The van der Waals surface area contributed by atoms with E-state index < -0.39 is 60.6 Å². The van der Waals surface area contributed by atoms with Crippen molar-refractivity contribution in [2.24, 2.45) is 11.3 Å². The Morgan fingerprint density at radius 2 is 1.33 bits per heavy atom. The van der Waals surface area contributed by atoms with Crippen LogP contribution in [0.15, 0.2) is 36.4 Å². The van der Waals surface area contributed by atoms with Gasteiger partial charge in [0, 0.05) is 17.6 Å². The number of rotatable bonds is 8. The van der Waals surface area contributed by atoms with Crippen LogP contribution < -0.4 is 0 Å². The summed E-state index contributed by atoms with van der Waals surface area (Å²) in [7, 11) is 0. The number of nitrogens with zero attached hydrogens (tertiary/aromatic N) is 2. The van der Waals surface area contributed by atoms with Crippen molar-refractivity contribution >= 4 is 35.7 Å². The molecule has 2 aromatic carbocycles. The van der Waals surface area contributed by atoms with Gasteiger partial charge in [-0.05, 0) is 132 Å². The lowest BCUT2D eigenvalue weighted by molar-refractivity contribution is -0.148. The van der Waals surface area contributed by atoms with E-state index in [4.69, 9.17) is 18.9 Å². The van der Waals surface area contributed by atoms with Crippen LogP contribution in [-0.4, -0.2) is 94.1 Å². The van der Waals surface area contributed by atoms with Gasteiger partial charge in [-0.3, -0.25) is 19.4 Å². The average molecular weight is 757 g/mol. The Morgan fingerprint density at radius 3 is 1.98 bits per heavy atom. The van der Waals surface area contributed by atoms with Gasteiger partial charge in [-0.1, -0.05) is 38.0 Å². The Morgan fingerprint density at radius 1 is 0.709 bits per heavy atom. The van der Waals surface area contributed by atoms with Crippen molar-refractivity contribution in [3.63, 3.8) is 0 Å². The maximum Gasteiger partial charge on any atom is 0.411 e. The number of likely N-dealkylation sites (tertiary alicyclic amines) is 2. The van der Waals surface area contributed by atoms with Crippen molar-refractivity contribution < 1.29 is 47.7 Å². The lowest BCUT2D eigenvalue weighted by Gasteiger charge is -2.32. The van der Waals surface area contributed by atoms with Crippen LogP contribution >= 0.6 is 0 Å². The molecule has 6 atom stereocenters. The minimum atomic E-state index is -0.824. The summed E-state index contributed by atoms with van der Waals surface area (Å²) < 4.78 is 22.3. The number of fused-ring (bicyclic) bond motifs is 6. The van der Waals surface area contributed by atoms with Crippen LogP contribution in [-0.2, 0) is 28.5 Å². The van der Waals surface area contributed by atoms with Crippen LogP contribution in [0.3, 0.4) is 0 Å². The van der Waals surface area contributed by atoms with Crippen LogP contribution in [0.2, 0.25) is 0 Å². The van der Waals surface area contributed by atoms with Gasteiger partial charge < -0.3 is 18.9 Å². The molecule has 2 aromatic rings. The second kappa shape index (κ2) is 14.1. The van der Waals surface area contributed by atoms with Crippen molar-refractivity contribution in [2.45, 2.75) is 135 Å². The standard InChI is InChI=1S/C43H52N2O10/c1-41(2,3)54-39(50)44-31-11-8-10-24(31)20-32(44)35(47)23-52-37(48)26-14-16-28-29-18-25(13-15-27(29)30(28)19-26)34(46)22-53-38(49)33-21-43(7)17-9-12-36(43)45(33)40(51)55-42(4,5)6/h13-16,18-19,24,31-33,36H,8-12,17,20-23H2,1-7H3/t24-,31-,32-,33-,36-,43-/m0/s1. The van der Waals surface area contributed by atoms with E-state index in [1.807, 2.05) is 0 Å². The number of hydrogen-bond donors (Lipinski definition) is 0. The number of amides is 2. The molecule has 5 aliphatic rings. The maximum atomic E-state index is 13.4. The third-order valence-electron chi connectivity index (χ3n) is 11.9. The summed E-state index contributed by atoms with van der Waals surface area (Å²) in [6.07, 6.45) is 5.36. The minimum Gasteiger partial charge on any atom is -0.456 e. The van der Waals surface area contributed by atoms with Gasteiger partial charge in [0.25, 0.3) is 0 Å². The van der Waals surface area contributed by atoms with Gasteiger partial charge >= 0.3 is 24.1 Å². The van der Waals surface area contributed by atoms with Crippen molar-refractivity contribution in [1.82, 2.24) is 9.80 Å². The first-order valence-corrected chi connectivity index (χ1v) is 19.5. The van der Waals surface area contributed by atoms with Crippen molar-refractivity contribution in [1.29, 1.82) is 0 Å². The molecule has 0 N–H and O–H groups in total. The number of hydrogen-bond acceptors (Lipinski definition) is 10. The highest BCUT2D eigenvalue weighted by Gasteiger charge is 2.57. The fourth-order valence-electron chi connectivity index (χ4n) is 9.48. The third kappa shape index (κ3) is 7.48. The monoisotopic (exact) mass is 756 g/mol. The van der Waals surface area contributed by atoms with Gasteiger partial charge in [0.1, 0.15) is 17.2 Å². The lowest BCUT2D eigenvalue weighted by atomic mass is 9.78. The van der Waals surface area contributed by atoms with Crippen molar-refractivity contribution in [2.75, 3.05) is 13.2 Å². The molecular weight excluding hydrogens is 704 g/mol. The van der Waals surface area contributed by atoms with E-state index in [1.54, 1.807) is 82.8 Å². The summed E-state index contributed by atoms with van der Waals surface area (Å²) >= 11 is 0. The zero-order valence-electron chi connectivity index (χ0n) is 32.9. The van der Waals surface area contributed by atoms with Crippen LogP contribution in [0.1, 0.15) is 121 Å². The molecule has 7 rings (SSSR count). The highest BCUT2D eigenvalue weighted by atomic mass is 16.6. The molecule has 2 saturated carbocycles. The number of Topliss-reactive ketones (excluding diaryl/α,β-unsaturated/α-hetero) is 2. The van der Waals surface area contributed by atoms with Gasteiger partial charge in [0.15, 0.2) is 24.8 Å². The van der Waals surface area contributed by atoms with E-state index in [9.17, 15) is 28.8 Å². The molecule has 2 amide bonds.